The van der Waals surface area contributed by atoms with E-state index >= 15 is 0 Å². The van der Waals surface area contributed by atoms with Crippen LogP contribution >= 0.6 is 0 Å². The van der Waals surface area contributed by atoms with Gasteiger partial charge < -0.3 is 5.11 Å². The summed E-state index contributed by atoms with van der Waals surface area (Å²) in [7, 11) is 0. The SMILES string of the molecule is CCC(C)(C)c1cc(Cn2nnc3ccccc32)c(O)c(C(C)(C)CC)c1. The molecule has 0 atom stereocenters. The van der Waals surface area contributed by atoms with E-state index in [4.69, 9.17) is 0 Å². The predicted molar refractivity (Wildman–Crippen MR) is 111 cm³/mol. The Kier molecular flexibility index (Phi) is 5.02. The van der Waals surface area contributed by atoms with Crippen molar-refractivity contribution < 1.29 is 5.11 Å². The number of aromatic hydroxyl groups is 1. The Hall–Kier alpha value is -2.36. The molecule has 27 heavy (non-hydrogen) atoms. The maximum absolute atomic E-state index is 11.1. The molecule has 0 unspecified atom stereocenters. The Morgan fingerprint density at radius 1 is 0.963 bits per heavy atom. The third-order valence-electron chi connectivity index (χ3n) is 6.21. The number of rotatable bonds is 6. The molecule has 144 valence electrons. The molecule has 0 aliphatic heterocycles. The van der Waals surface area contributed by atoms with Crippen molar-refractivity contribution >= 4 is 11.0 Å². The first kappa shape index (κ1) is 19.4. The van der Waals surface area contributed by atoms with Crippen LogP contribution in [0.5, 0.6) is 5.75 Å². The summed E-state index contributed by atoms with van der Waals surface area (Å²) in [5.74, 6) is 0.386. The van der Waals surface area contributed by atoms with Gasteiger partial charge in [-0.15, -0.1) is 5.10 Å². The van der Waals surface area contributed by atoms with Gasteiger partial charge in [0.05, 0.1) is 12.1 Å². The van der Waals surface area contributed by atoms with Crippen molar-refractivity contribution in [2.75, 3.05) is 0 Å². The molecule has 4 nitrogen and oxygen atoms in total. The van der Waals surface area contributed by atoms with Crippen molar-refractivity contribution in [3.8, 4) is 5.75 Å². The van der Waals surface area contributed by atoms with Gasteiger partial charge >= 0.3 is 0 Å². The minimum atomic E-state index is -0.0941. The lowest BCUT2D eigenvalue weighted by atomic mass is 9.75. The molecule has 4 heteroatoms. The van der Waals surface area contributed by atoms with E-state index in [1.165, 1.54) is 5.56 Å². The molecule has 0 aliphatic rings. The number of hydrogen-bond donors (Lipinski definition) is 1. The second-order valence-electron chi connectivity index (χ2n) is 8.74. The predicted octanol–water partition coefficient (Wildman–Crippen LogP) is 5.56. The van der Waals surface area contributed by atoms with Gasteiger partial charge in [-0.2, -0.15) is 0 Å². The molecular weight excluding hydrogens is 334 g/mol. The number of fused-ring (bicyclic) bond motifs is 1. The van der Waals surface area contributed by atoms with E-state index in [0.717, 1.165) is 35.0 Å². The van der Waals surface area contributed by atoms with Crippen LogP contribution in [0.25, 0.3) is 11.0 Å². The lowest BCUT2D eigenvalue weighted by molar-refractivity contribution is 0.417. The Morgan fingerprint density at radius 3 is 2.30 bits per heavy atom. The van der Waals surface area contributed by atoms with E-state index in [1.807, 2.05) is 28.9 Å². The molecular formula is C23H31N3O. The van der Waals surface area contributed by atoms with Gasteiger partial charge in [0.25, 0.3) is 0 Å². The average Bonchev–Trinajstić information content (AvgIpc) is 3.06. The molecule has 1 aromatic heterocycles. The molecule has 1 N–H and O–H groups in total. The zero-order chi connectivity index (χ0) is 19.8. The standard InChI is InChI=1S/C23H31N3O/c1-7-22(3,4)17-13-16(21(27)18(14-17)23(5,6)8-2)15-26-20-12-10-9-11-19(20)24-25-26/h9-14,27H,7-8,15H2,1-6H3. The normalized spacial score (nSPS) is 12.7. The summed E-state index contributed by atoms with van der Waals surface area (Å²) in [6, 6.07) is 12.3. The number of aromatic nitrogens is 3. The van der Waals surface area contributed by atoms with Crippen LogP contribution in [0, 0.1) is 0 Å². The zero-order valence-electron chi connectivity index (χ0n) is 17.4. The summed E-state index contributed by atoms with van der Waals surface area (Å²) in [5, 5.41) is 19.7. The van der Waals surface area contributed by atoms with Gasteiger partial charge in [-0.1, -0.05) is 65.0 Å². The molecule has 3 aromatic rings. The Balaban J connectivity index is 2.16. The largest absolute Gasteiger partial charge is 0.507 e. The van der Waals surface area contributed by atoms with Gasteiger partial charge in [-0.05, 0) is 47.4 Å². The fourth-order valence-electron chi connectivity index (χ4n) is 3.31. The second kappa shape index (κ2) is 6.99. The molecule has 2 aromatic carbocycles. The van der Waals surface area contributed by atoms with Crippen LogP contribution in [-0.2, 0) is 17.4 Å². The van der Waals surface area contributed by atoms with Gasteiger partial charge in [0.1, 0.15) is 11.3 Å². The maximum atomic E-state index is 11.1. The first-order valence-corrected chi connectivity index (χ1v) is 9.84. The number of nitrogens with zero attached hydrogens (tertiary/aromatic N) is 3. The first-order valence-electron chi connectivity index (χ1n) is 9.84. The van der Waals surface area contributed by atoms with Crippen LogP contribution in [-0.4, -0.2) is 20.1 Å². The number of phenols is 1. The van der Waals surface area contributed by atoms with Crippen molar-refractivity contribution in [2.24, 2.45) is 0 Å². The fraction of sp³-hybridized carbons (Fsp3) is 0.478. The highest BCUT2D eigenvalue weighted by Crippen LogP contribution is 2.40. The smallest absolute Gasteiger partial charge is 0.124 e. The highest BCUT2D eigenvalue weighted by atomic mass is 16.3. The molecule has 0 bridgehead atoms. The maximum Gasteiger partial charge on any atom is 0.124 e. The van der Waals surface area contributed by atoms with E-state index in [1.54, 1.807) is 0 Å². The summed E-state index contributed by atoms with van der Waals surface area (Å²) in [6.45, 7) is 13.8. The van der Waals surface area contributed by atoms with E-state index in [0.29, 0.717) is 12.3 Å². The van der Waals surface area contributed by atoms with Crippen molar-refractivity contribution in [3.05, 3.63) is 53.1 Å². The van der Waals surface area contributed by atoms with Gasteiger partial charge in [0.15, 0.2) is 0 Å². The molecule has 0 saturated heterocycles. The second-order valence-corrected chi connectivity index (χ2v) is 8.74. The third-order valence-corrected chi connectivity index (χ3v) is 6.21. The van der Waals surface area contributed by atoms with Crippen LogP contribution in [0.3, 0.4) is 0 Å². The van der Waals surface area contributed by atoms with Gasteiger partial charge in [0, 0.05) is 11.1 Å². The van der Waals surface area contributed by atoms with Crippen LogP contribution in [0.1, 0.15) is 71.1 Å². The molecule has 1 heterocycles. The number of para-hydroxylation sites is 1. The van der Waals surface area contributed by atoms with Gasteiger partial charge in [-0.25, -0.2) is 4.68 Å². The summed E-state index contributed by atoms with van der Waals surface area (Å²) in [5.41, 5.74) is 4.99. The number of benzene rings is 2. The molecule has 3 rings (SSSR count). The minimum Gasteiger partial charge on any atom is -0.507 e. The van der Waals surface area contributed by atoms with Crippen LogP contribution < -0.4 is 0 Å². The van der Waals surface area contributed by atoms with E-state index in [2.05, 4.69) is 64.0 Å². The fourth-order valence-corrected chi connectivity index (χ4v) is 3.31. The summed E-state index contributed by atoms with van der Waals surface area (Å²) in [6.07, 6.45) is 2.00. The average molecular weight is 366 g/mol. The van der Waals surface area contributed by atoms with Crippen molar-refractivity contribution in [1.29, 1.82) is 0 Å². The minimum absolute atomic E-state index is 0.0471. The molecule has 0 radical (unpaired) electrons. The van der Waals surface area contributed by atoms with E-state index < -0.39 is 0 Å². The zero-order valence-corrected chi connectivity index (χ0v) is 17.4. The Morgan fingerprint density at radius 2 is 1.63 bits per heavy atom. The van der Waals surface area contributed by atoms with Crippen molar-refractivity contribution in [3.63, 3.8) is 0 Å². The molecule has 0 spiro atoms. The van der Waals surface area contributed by atoms with Gasteiger partial charge in [0.2, 0.25) is 0 Å². The van der Waals surface area contributed by atoms with Crippen LogP contribution in [0.4, 0.5) is 0 Å². The molecule has 0 saturated carbocycles. The highest BCUT2D eigenvalue weighted by Gasteiger charge is 2.28. The molecule has 0 amide bonds. The third kappa shape index (κ3) is 3.58. The quantitative estimate of drug-likeness (QED) is 0.622. The Labute approximate surface area is 162 Å². The lowest BCUT2D eigenvalue weighted by Crippen LogP contribution is -2.21. The van der Waals surface area contributed by atoms with Gasteiger partial charge in [-0.3, -0.25) is 0 Å². The molecule has 0 fully saturated rings. The first-order chi connectivity index (χ1) is 12.7. The number of phenolic OH excluding ortho intramolecular Hbond substituents is 1. The van der Waals surface area contributed by atoms with E-state index in [9.17, 15) is 5.11 Å². The van der Waals surface area contributed by atoms with Crippen LogP contribution in [0.15, 0.2) is 36.4 Å². The monoisotopic (exact) mass is 365 g/mol. The summed E-state index contributed by atoms with van der Waals surface area (Å²) in [4.78, 5) is 0. The van der Waals surface area contributed by atoms with Crippen LogP contribution in [0.2, 0.25) is 0 Å². The topological polar surface area (TPSA) is 50.9 Å². The summed E-state index contributed by atoms with van der Waals surface area (Å²) < 4.78 is 1.87. The van der Waals surface area contributed by atoms with Crippen molar-refractivity contribution in [2.45, 2.75) is 71.8 Å². The Bertz CT molecular complexity index is 953. The number of hydrogen-bond acceptors (Lipinski definition) is 3. The molecule has 0 aliphatic carbocycles. The highest BCUT2D eigenvalue weighted by molar-refractivity contribution is 5.74. The lowest BCUT2D eigenvalue weighted by Gasteiger charge is -2.30. The van der Waals surface area contributed by atoms with Crippen molar-refractivity contribution in [1.82, 2.24) is 15.0 Å². The summed E-state index contributed by atoms with van der Waals surface area (Å²) >= 11 is 0. The van der Waals surface area contributed by atoms with E-state index in [-0.39, 0.29) is 10.8 Å².